The Bertz CT molecular complexity index is 791. The molecule has 1 amide bonds. The number of thiazole rings is 1. The van der Waals surface area contributed by atoms with E-state index in [0.29, 0.717) is 6.54 Å². The largest absolute Gasteiger partial charge is 0.283 e. The van der Waals surface area contributed by atoms with E-state index in [9.17, 15) is 4.79 Å². The molecule has 0 bridgehead atoms. The Morgan fingerprint density at radius 3 is 2.52 bits per heavy atom. The predicted octanol–water partition coefficient (Wildman–Crippen LogP) is 4.63. The number of para-hydroxylation sites is 1. The van der Waals surface area contributed by atoms with Crippen LogP contribution in [-0.2, 0) is 11.3 Å². The van der Waals surface area contributed by atoms with Crippen LogP contribution in [-0.4, -0.2) is 10.9 Å². The van der Waals surface area contributed by atoms with Crippen LogP contribution in [0.3, 0.4) is 0 Å². The van der Waals surface area contributed by atoms with E-state index in [1.807, 2.05) is 41.3 Å². The van der Waals surface area contributed by atoms with Gasteiger partial charge in [-0.1, -0.05) is 60.2 Å². The van der Waals surface area contributed by atoms with E-state index in [-0.39, 0.29) is 11.8 Å². The molecule has 3 nitrogen and oxygen atoms in total. The smallest absolute Gasteiger partial charge is 0.232 e. The minimum atomic E-state index is 0.172. The molecule has 0 unspecified atom stereocenters. The van der Waals surface area contributed by atoms with Crippen molar-refractivity contribution in [3.05, 3.63) is 60.2 Å². The third-order valence-electron chi connectivity index (χ3n) is 4.42. The maximum atomic E-state index is 12.9. The molecule has 0 atom stereocenters. The van der Waals surface area contributed by atoms with Crippen LogP contribution in [0.25, 0.3) is 10.2 Å². The number of aromatic nitrogens is 1. The summed E-state index contributed by atoms with van der Waals surface area (Å²) in [5.41, 5.74) is 2.10. The zero-order valence-corrected chi connectivity index (χ0v) is 13.6. The highest BCUT2D eigenvalue weighted by Gasteiger charge is 2.31. The van der Waals surface area contributed by atoms with E-state index < -0.39 is 0 Å². The van der Waals surface area contributed by atoms with Gasteiger partial charge in [0, 0.05) is 5.92 Å². The van der Waals surface area contributed by atoms with Crippen LogP contribution in [0.5, 0.6) is 0 Å². The van der Waals surface area contributed by atoms with Crippen molar-refractivity contribution < 1.29 is 4.79 Å². The molecule has 1 aromatic heterocycles. The summed E-state index contributed by atoms with van der Waals surface area (Å²) in [6.45, 7) is 0.593. The molecule has 0 saturated heterocycles. The molecule has 4 rings (SSSR count). The fraction of sp³-hybridized carbons (Fsp3) is 0.263. The predicted molar refractivity (Wildman–Crippen MR) is 94.6 cm³/mol. The third kappa shape index (κ3) is 2.86. The van der Waals surface area contributed by atoms with Gasteiger partial charge in [0.2, 0.25) is 5.91 Å². The van der Waals surface area contributed by atoms with Gasteiger partial charge in [-0.15, -0.1) is 0 Å². The Kier molecular flexibility index (Phi) is 3.83. The minimum Gasteiger partial charge on any atom is -0.283 e. The first-order valence-electron chi connectivity index (χ1n) is 8.02. The van der Waals surface area contributed by atoms with Gasteiger partial charge < -0.3 is 0 Å². The van der Waals surface area contributed by atoms with Gasteiger partial charge in [-0.05, 0) is 30.5 Å². The quantitative estimate of drug-likeness (QED) is 0.701. The van der Waals surface area contributed by atoms with Crippen molar-refractivity contribution >= 4 is 32.6 Å². The molecule has 1 aliphatic carbocycles. The summed E-state index contributed by atoms with van der Waals surface area (Å²) in [4.78, 5) is 19.5. The standard InChI is InChI=1S/C19H18N2OS/c22-18(15-9-6-10-15)21(13-14-7-2-1-3-8-14)19-20-16-11-4-5-12-17(16)23-19/h1-5,7-8,11-12,15H,6,9-10,13H2. The van der Waals surface area contributed by atoms with Crippen LogP contribution >= 0.6 is 11.3 Å². The summed E-state index contributed by atoms with van der Waals surface area (Å²) < 4.78 is 1.13. The Balaban J connectivity index is 1.69. The molecule has 4 heteroatoms. The molecule has 1 fully saturated rings. The summed E-state index contributed by atoms with van der Waals surface area (Å²) in [5.74, 6) is 0.393. The van der Waals surface area contributed by atoms with Crippen LogP contribution in [0.15, 0.2) is 54.6 Å². The first-order chi connectivity index (χ1) is 11.3. The molecule has 1 saturated carbocycles. The van der Waals surface area contributed by atoms with Crippen molar-refractivity contribution in [3.63, 3.8) is 0 Å². The molecule has 116 valence electrons. The molecule has 0 spiro atoms. The van der Waals surface area contributed by atoms with Crippen LogP contribution < -0.4 is 4.90 Å². The van der Waals surface area contributed by atoms with Crippen molar-refractivity contribution in [1.82, 2.24) is 4.98 Å². The normalized spacial score (nSPS) is 14.6. The summed E-state index contributed by atoms with van der Waals surface area (Å²) >= 11 is 1.60. The van der Waals surface area contributed by atoms with Gasteiger partial charge >= 0.3 is 0 Å². The first-order valence-corrected chi connectivity index (χ1v) is 8.84. The van der Waals surface area contributed by atoms with Gasteiger partial charge in [0.25, 0.3) is 0 Å². The van der Waals surface area contributed by atoms with Crippen molar-refractivity contribution in [2.24, 2.45) is 5.92 Å². The van der Waals surface area contributed by atoms with Crippen LogP contribution in [0.1, 0.15) is 24.8 Å². The van der Waals surface area contributed by atoms with Crippen molar-refractivity contribution in [1.29, 1.82) is 0 Å². The fourth-order valence-corrected chi connectivity index (χ4v) is 3.83. The zero-order valence-electron chi connectivity index (χ0n) is 12.8. The number of hydrogen-bond donors (Lipinski definition) is 0. The Labute approximate surface area is 139 Å². The van der Waals surface area contributed by atoms with E-state index in [2.05, 4.69) is 18.2 Å². The number of hydrogen-bond acceptors (Lipinski definition) is 3. The molecule has 2 aromatic carbocycles. The number of benzene rings is 2. The highest BCUT2D eigenvalue weighted by Crippen LogP contribution is 2.34. The first kappa shape index (κ1) is 14.4. The topological polar surface area (TPSA) is 33.2 Å². The Hall–Kier alpha value is -2.20. The van der Waals surface area contributed by atoms with E-state index in [0.717, 1.165) is 40.2 Å². The minimum absolute atomic E-state index is 0.172. The Morgan fingerprint density at radius 2 is 1.83 bits per heavy atom. The maximum absolute atomic E-state index is 12.9. The summed E-state index contributed by atoms with van der Waals surface area (Å²) in [7, 11) is 0. The van der Waals surface area contributed by atoms with Gasteiger partial charge in [-0.25, -0.2) is 4.98 Å². The third-order valence-corrected chi connectivity index (χ3v) is 5.48. The summed E-state index contributed by atoms with van der Waals surface area (Å²) in [6.07, 6.45) is 3.18. The highest BCUT2D eigenvalue weighted by atomic mass is 32.1. The lowest BCUT2D eigenvalue weighted by atomic mass is 9.84. The SMILES string of the molecule is O=C(C1CCC1)N(Cc1ccccc1)c1nc2ccccc2s1. The lowest BCUT2D eigenvalue weighted by Crippen LogP contribution is -2.38. The molecule has 0 N–H and O–H groups in total. The molecule has 23 heavy (non-hydrogen) atoms. The van der Waals surface area contributed by atoms with Gasteiger partial charge in [0.1, 0.15) is 0 Å². The molecular formula is C19H18N2OS. The average Bonchev–Trinajstić information content (AvgIpc) is 2.95. The monoisotopic (exact) mass is 322 g/mol. The number of fused-ring (bicyclic) bond motifs is 1. The summed E-state index contributed by atoms with van der Waals surface area (Å²) in [6, 6.07) is 18.2. The molecule has 0 aliphatic heterocycles. The second-order valence-electron chi connectivity index (χ2n) is 6.00. The van der Waals surface area contributed by atoms with Crippen molar-refractivity contribution in [3.8, 4) is 0 Å². The second kappa shape index (κ2) is 6.13. The van der Waals surface area contributed by atoms with Gasteiger partial charge in [0.15, 0.2) is 5.13 Å². The lowest BCUT2D eigenvalue weighted by Gasteiger charge is -2.30. The number of nitrogens with zero attached hydrogens (tertiary/aromatic N) is 2. The number of carbonyl (C=O) groups is 1. The molecule has 1 heterocycles. The van der Waals surface area contributed by atoms with Gasteiger partial charge in [-0.2, -0.15) is 0 Å². The highest BCUT2D eigenvalue weighted by molar-refractivity contribution is 7.22. The van der Waals surface area contributed by atoms with Crippen molar-refractivity contribution in [2.45, 2.75) is 25.8 Å². The lowest BCUT2D eigenvalue weighted by molar-refractivity contribution is -0.124. The number of carbonyl (C=O) groups excluding carboxylic acids is 1. The molecular weight excluding hydrogens is 304 g/mol. The summed E-state index contributed by atoms with van der Waals surface area (Å²) in [5, 5.41) is 0.812. The van der Waals surface area contributed by atoms with Crippen LogP contribution in [0, 0.1) is 5.92 Å². The number of rotatable bonds is 4. The second-order valence-corrected chi connectivity index (χ2v) is 7.01. The fourth-order valence-electron chi connectivity index (χ4n) is 2.86. The van der Waals surface area contributed by atoms with E-state index in [4.69, 9.17) is 4.98 Å². The average molecular weight is 322 g/mol. The molecule has 0 radical (unpaired) electrons. The van der Waals surface area contributed by atoms with E-state index in [1.165, 1.54) is 0 Å². The van der Waals surface area contributed by atoms with E-state index in [1.54, 1.807) is 11.3 Å². The van der Waals surface area contributed by atoms with E-state index >= 15 is 0 Å². The number of amides is 1. The molecule has 1 aliphatic rings. The zero-order chi connectivity index (χ0) is 15.6. The Morgan fingerprint density at radius 1 is 1.09 bits per heavy atom. The van der Waals surface area contributed by atoms with Gasteiger partial charge in [-0.3, -0.25) is 9.69 Å². The van der Waals surface area contributed by atoms with Crippen LogP contribution in [0.2, 0.25) is 0 Å². The van der Waals surface area contributed by atoms with Gasteiger partial charge in [0.05, 0.1) is 16.8 Å². The van der Waals surface area contributed by atoms with Crippen LogP contribution in [0.4, 0.5) is 5.13 Å². The van der Waals surface area contributed by atoms with Crippen molar-refractivity contribution in [2.75, 3.05) is 4.90 Å². The number of anilines is 1. The maximum Gasteiger partial charge on any atom is 0.232 e. The molecule has 3 aromatic rings.